The van der Waals surface area contributed by atoms with E-state index in [1.54, 1.807) is 29.2 Å². The van der Waals surface area contributed by atoms with E-state index < -0.39 is 0 Å². The highest BCUT2D eigenvalue weighted by atomic mass is 16.7. The Bertz CT molecular complexity index is 423. The van der Waals surface area contributed by atoms with Crippen molar-refractivity contribution in [2.24, 2.45) is 0 Å². The molecule has 1 aromatic carbocycles. The standard InChI is InChI=1S/C17H27NO4/c1-5-18(6-2)17(19)14-9-11-15(12-10-14)22-13-16(20-7-3)21-8-4/h9-12,16H,5-8,13H2,1-4H3. The Morgan fingerprint density at radius 2 is 1.55 bits per heavy atom. The smallest absolute Gasteiger partial charge is 0.253 e. The van der Waals surface area contributed by atoms with Crippen LogP contribution in [0.1, 0.15) is 38.1 Å². The van der Waals surface area contributed by atoms with Crippen LogP contribution in [0.15, 0.2) is 24.3 Å². The molecular weight excluding hydrogens is 282 g/mol. The summed E-state index contributed by atoms with van der Waals surface area (Å²) in [7, 11) is 0. The number of rotatable bonds is 10. The Morgan fingerprint density at radius 3 is 2.00 bits per heavy atom. The van der Waals surface area contributed by atoms with Crippen LogP contribution >= 0.6 is 0 Å². The maximum Gasteiger partial charge on any atom is 0.253 e. The Labute approximate surface area is 133 Å². The van der Waals surface area contributed by atoms with Crippen molar-refractivity contribution in [2.45, 2.75) is 34.0 Å². The number of ether oxygens (including phenoxy) is 3. The molecule has 1 amide bonds. The minimum absolute atomic E-state index is 0.0399. The molecule has 0 unspecified atom stereocenters. The molecule has 0 spiro atoms. The van der Waals surface area contributed by atoms with Crippen LogP contribution in [0.25, 0.3) is 0 Å². The SMILES string of the molecule is CCOC(COc1ccc(C(=O)N(CC)CC)cc1)OCC. The molecule has 5 nitrogen and oxygen atoms in total. The van der Waals surface area contributed by atoms with Crippen LogP contribution in [0.3, 0.4) is 0 Å². The molecule has 0 saturated carbocycles. The molecule has 1 rings (SSSR count). The van der Waals surface area contributed by atoms with Crippen LogP contribution in [0, 0.1) is 0 Å². The molecule has 0 saturated heterocycles. The van der Waals surface area contributed by atoms with E-state index >= 15 is 0 Å². The molecule has 0 heterocycles. The number of hydrogen-bond acceptors (Lipinski definition) is 4. The van der Waals surface area contributed by atoms with Gasteiger partial charge in [0, 0.05) is 31.9 Å². The van der Waals surface area contributed by atoms with Gasteiger partial charge in [-0.15, -0.1) is 0 Å². The topological polar surface area (TPSA) is 48.0 Å². The Hall–Kier alpha value is -1.59. The van der Waals surface area contributed by atoms with Gasteiger partial charge in [0.1, 0.15) is 12.4 Å². The summed E-state index contributed by atoms with van der Waals surface area (Å²) in [5, 5.41) is 0. The number of nitrogens with zero attached hydrogens (tertiary/aromatic N) is 1. The zero-order chi connectivity index (χ0) is 16.4. The van der Waals surface area contributed by atoms with Gasteiger partial charge in [0.15, 0.2) is 6.29 Å². The molecule has 0 radical (unpaired) electrons. The molecular formula is C17H27NO4. The maximum atomic E-state index is 12.2. The first-order valence-electron chi connectivity index (χ1n) is 7.91. The van der Waals surface area contributed by atoms with Crippen LogP contribution in [0.5, 0.6) is 5.75 Å². The van der Waals surface area contributed by atoms with Crippen molar-refractivity contribution in [1.29, 1.82) is 0 Å². The molecule has 0 aliphatic rings. The second-order valence-corrected chi connectivity index (χ2v) is 4.65. The van der Waals surface area contributed by atoms with Crippen molar-refractivity contribution in [2.75, 3.05) is 32.9 Å². The molecule has 0 aromatic heterocycles. The van der Waals surface area contributed by atoms with Gasteiger partial charge in [-0.25, -0.2) is 0 Å². The van der Waals surface area contributed by atoms with E-state index in [0.717, 1.165) is 0 Å². The van der Waals surface area contributed by atoms with E-state index in [-0.39, 0.29) is 12.2 Å². The third-order valence-corrected chi connectivity index (χ3v) is 3.24. The largest absolute Gasteiger partial charge is 0.488 e. The Balaban J connectivity index is 2.59. The predicted octanol–water partition coefficient (Wildman–Crippen LogP) is 2.95. The molecule has 0 fully saturated rings. The first-order valence-corrected chi connectivity index (χ1v) is 7.91. The molecule has 22 heavy (non-hydrogen) atoms. The van der Waals surface area contributed by atoms with Crippen molar-refractivity contribution in [3.63, 3.8) is 0 Å². The van der Waals surface area contributed by atoms with Crippen LogP contribution in [0.2, 0.25) is 0 Å². The number of carbonyl (C=O) groups is 1. The highest BCUT2D eigenvalue weighted by Gasteiger charge is 2.13. The van der Waals surface area contributed by atoms with Gasteiger partial charge in [0.2, 0.25) is 0 Å². The molecule has 0 atom stereocenters. The average Bonchev–Trinajstić information content (AvgIpc) is 2.54. The summed E-state index contributed by atoms with van der Waals surface area (Å²) in [6, 6.07) is 7.16. The van der Waals surface area contributed by atoms with Gasteiger partial charge in [0.25, 0.3) is 5.91 Å². The highest BCUT2D eigenvalue weighted by Crippen LogP contribution is 2.14. The third kappa shape index (κ3) is 5.66. The number of amides is 1. The average molecular weight is 309 g/mol. The van der Waals surface area contributed by atoms with Crippen LogP contribution in [0.4, 0.5) is 0 Å². The summed E-state index contributed by atoms with van der Waals surface area (Å²) < 4.78 is 16.5. The lowest BCUT2D eigenvalue weighted by molar-refractivity contribution is -0.152. The van der Waals surface area contributed by atoms with Gasteiger partial charge in [-0.2, -0.15) is 0 Å². The first kappa shape index (κ1) is 18.5. The highest BCUT2D eigenvalue weighted by molar-refractivity contribution is 5.94. The zero-order valence-corrected chi connectivity index (χ0v) is 14.0. The van der Waals surface area contributed by atoms with Crippen LogP contribution in [-0.2, 0) is 9.47 Å². The molecule has 124 valence electrons. The monoisotopic (exact) mass is 309 g/mol. The third-order valence-electron chi connectivity index (χ3n) is 3.24. The van der Waals surface area contributed by atoms with Crippen molar-refractivity contribution >= 4 is 5.91 Å². The maximum absolute atomic E-state index is 12.2. The van der Waals surface area contributed by atoms with Crippen molar-refractivity contribution in [3.05, 3.63) is 29.8 Å². The van der Waals surface area contributed by atoms with Crippen molar-refractivity contribution < 1.29 is 19.0 Å². The normalized spacial score (nSPS) is 10.8. The van der Waals surface area contributed by atoms with Crippen LogP contribution < -0.4 is 4.74 Å². The molecule has 0 N–H and O–H groups in total. The van der Waals surface area contributed by atoms with Gasteiger partial charge in [0.05, 0.1) is 0 Å². The van der Waals surface area contributed by atoms with E-state index in [2.05, 4.69) is 0 Å². The van der Waals surface area contributed by atoms with Crippen LogP contribution in [-0.4, -0.2) is 50.0 Å². The fraction of sp³-hybridized carbons (Fsp3) is 0.588. The Morgan fingerprint density at radius 1 is 1.00 bits per heavy atom. The van der Waals surface area contributed by atoms with E-state index in [1.165, 1.54) is 0 Å². The number of benzene rings is 1. The zero-order valence-electron chi connectivity index (χ0n) is 14.0. The second kappa shape index (κ2) is 10.2. The lowest BCUT2D eigenvalue weighted by Crippen LogP contribution is -2.30. The number of hydrogen-bond donors (Lipinski definition) is 0. The summed E-state index contributed by atoms with van der Waals surface area (Å²) >= 11 is 0. The molecule has 5 heteroatoms. The summed E-state index contributed by atoms with van der Waals surface area (Å²) in [5.41, 5.74) is 0.669. The summed E-state index contributed by atoms with van der Waals surface area (Å²) in [5.74, 6) is 0.735. The summed E-state index contributed by atoms with van der Waals surface area (Å²) in [6.45, 7) is 10.7. The van der Waals surface area contributed by atoms with Gasteiger partial charge in [-0.3, -0.25) is 4.79 Å². The van der Waals surface area contributed by atoms with E-state index in [1.807, 2.05) is 27.7 Å². The summed E-state index contributed by atoms with van der Waals surface area (Å²) in [4.78, 5) is 14.0. The minimum Gasteiger partial charge on any atom is -0.488 e. The molecule has 0 aliphatic heterocycles. The predicted molar refractivity (Wildman–Crippen MR) is 86.2 cm³/mol. The van der Waals surface area contributed by atoms with E-state index in [0.29, 0.717) is 44.2 Å². The van der Waals surface area contributed by atoms with E-state index in [9.17, 15) is 4.79 Å². The Kier molecular flexibility index (Phi) is 8.55. The number of carbonyl (C=O) groups excluding carboxylic acids is 1. The van der Waals surface area contributed by atoms with Gasteiger partial charge in [-0.1, -0.05) is 0 Å². The lowest BCUT2D eigenvalue weighted by Gasteiger charge is -2.19. The minimum atomic E-state index is -0.369. The lowest BCUT2D eigenvalue weighted by atomic mass is 10.2. The molecule has 1 aromatic rings. The van der Waals surface area contributed by atoms with Crippen molar-refractivity contribution in [1.82, 2.24) is 4.90 Å². The van der Waals surface area contributed by atoms with Gasteiger partial charge < -0.3 is 19.1 Å². The molecule has 0 bridgehead atoms. The van der Waals surface area contributed by atoms with E-state index in [4.69, 9.17) is 14.2 Å². The van der Waals surface area contributed by atoms with Crippen molar-refractivity contribution in [3.8, 4) is 5.75 Å². The fourth-order valence-electron chi connectivity index (χ4n) is 2.07. The quantitative estimate of drug-likeness (QED) is 0.624. The van der Waals surface area contributed by atoms with Gasteiger partial charge in [-0.05, 0) is 52.0 Å². The van der Waals surface area contributed by atoms with Gasteiger partial charge >= 0.3 is 0 Å². The summed E-state index contributed by atoms with van der Waals surface area (Å²) in [6.07, 6.45) is -0.369. The first-order chi connectivity index (χ1) is 10.7. The molecule has 0 aliphatic carbocycles. The second-order valence-electron chi connectivity index (χ2n) is 4.65. The fourth-order valence-corrected chi connectivity index (χ4v) is 2.07.